The molecule has 2 atom stereocenters. The minimum Gasteiger partial charge on any atom is -0.394 e. The predicted molar refractivity (Wildman–Crippen MR) is 93.0 cm³/mol. The molecule has 0 aliphatic carbocycles. The van der Waals surface area contributed by atoms with E-state index in [9.17, 15) is 9.90 Å². The maximum atomic E-state index is 12.7. The molecule has 136 valence electrons. The Kier molecular flexibility index (Phi) is 5.91. The van der Waals surface area contributed by atoms with Crippen molar-refractivity contribution in [2.24, 2.45) is 5.92 Å². The molecule has 1 saturated heterocycles. The number of hydrogen-bond donors (Lipinski definition) is 2. The van der Waals surface area contributed by atoms with E-state index in [1.807, 2.05) is 18.7 Å². The smallest absolute Gasteiger partial charge is 0.317 e. The standard InChI is InChI=1S/C18H31N3O3/c1-12(2)9-18(11-22)7-6-8-21(18)17(23)19-10-13(3)16-14(4)20-24-15(16)5/h12-13,22H,6-11H2,1-5H3,(H,19,23)/t13-,18+/m1/s1. The summed E-state index contributed by atoms with van der Waals surface area (Å²) in [5.41, 5.74) is 1.53. The molecule has 2 amide bonds. The van der Waals surface area contributed by atoms with Gasteiger partial charge in [-0.25, -0.2) is 4.79 Å². The van der Waals surface area contributed by atoms with E-state index < -0.39 is 5.54 Å². The van der Waals surface area contributed by atoms with Crippen molar-refractivity contribution in [3.05, 3.63) is 17.0 Å². The summed E-state index contributed by atoms with van der Waals surface area (Å²) in [6, 6.07) is -0.0826. The first-order valence-corrected chi connectivity index (χ1v) is 8.90. The van der Waals surface area contributed by atoms with Gasteiger partial charge in [0.2, 0.25) is 0 Å². The number of hydrogen-bond acceptors (Lipinski definition) is 4. The average molecular weight is 337 g/mol. The number of carbonyl (C=O) groups excluding carboxylic acids is 1. The van der Waals surface area contributed by atoms with Crippen molar-refractivity contribution in [3.63, 3.8) is 0 Å². The Balaban J connectivity index is 2.01. The van der Waals surface area contributed by atoms with Crippen LogP contribution in [0.3, 0.4) is 0 Å². The van der Waals surface area contributed by atoms with Crippen LogP contribution in [0.15, 0.2) is 4.52 Å². The number of likely N-dealkylation sites (tertiary alicyclic amines) is 1. The molecular weight excluding hydrogens is 306 g/mol. The molecule has 1 fully saturated rings. The number of aliphatic hydroxyl groups excluding tert-OH is 1. The third-order valence-electron chi connectivity index (χ3n) is 5.06. The number of urea groups is 1. The summed E-state index contributed by atoms with van der Waals surface area (Å²) in [5.74, 6) is 1.38. The summed E-state index contributed by atoms with van der Waals surface area (Å²) in [4.78, 5) is 14.6. The van der Waals surface area contributed by atoms with Crippen molar-refractivity contribution in [1.29, 1.82) is 0 Å². The second-order valence-corrected chi connectivity index (χ2v) is 7.56. The summed E-state index contributed by atoms with van der Waals surface area (Å²) < 4.78 is 5.21. The molecule has 1 aromatic heterocycles. The summed E-state index contributed by atoms with van der Waals surface area (Å²) in [5, 5.41) is 17.0. The number of carbonyl (C=O) groups is 1. The molecule has 0 aromatic carbocycles. The molecule has 0 unspecified atom stereocenters. The van der Waals surface area contributed by atoms with Crippen molar-refractivity contribution in [2.45, 2.75) is 65.3 Å². The summed E-state index contributed by atoms with van der Waals surface area (Å²) >= 11 is 0. The highest BCUT2D eigenvalue weighted by Gasteiger charge is 2.43. The Labute approximate surface area is 144 Å². The van der Waals surface area contributed by atoms with Gasteiger partial charge in [-0.2, -0.15) is 0 Å². The van der Waals surface area contributed by atoms with E-state index in [2.05, 4.69) is 31.2 Å². The van der Waals surface area contributed by atoms with Crippen molar-refractivity contribution in [1.82, 2.24) is 15.4 Å². The Hall–Kier alpha value is -1.56. The van der Waals surface area contributed by atoms with E-state index >= 15 is 0 Å². The minimum absolute atomic E-state index is 0.0258. The quantitative estimate of drug-likeness (QED) is 0.836. The second-order valence-electron chi connectivity index (χ2n) is 7.56. The number of rotatable bonds is 6. The molecule has 0 spiro atoms. The van der Waals surface area contributed by atoms with Gasteiger partial charge in [0.15, 0.2) is 0 Å². The van der Waals surface area contributed by atoms with Crippen LogP contribution in [0, 0.1) is 19.8 Å². The monoisotopic (exact) mass is 337 g/mol. The fourth-order valence-corrected chi connectivity index (χ4v) is 4.09. The van der Waals surface area contributed by atoms with Crippen LogP contribution < -0.4 is 5.32 Å². The van der Waals surface area contributed by atoms with E-state index in [4.69, 9.17) is 4.52 Å². The predicted octanol–water partition coefficient (Wildman–Crippen LogP) is 2.98. The molecule has 1 aromatic rings. The molecule has 24 heavy (non-hydrogen) atoms. The van der Waals surface area contributed by atoms with E-state index in [1.165, 1.54) is 0 Å². The lowest BCUT2D eigenvalue weighted by Crippen LogP contribution is -2.54. The molecule has 0 bridgehead atoms. The molecule has 6 nitrogen and oxygen atoms in total. The third-order valence-corrected chi connectivity index (χ3v) is 5.06. The van der Waals surface area contributed by atoms with Gasteiger partial charge < -0.3 is 19.8 Å². The van der Waals surface area contributed by atoms with Crippen molar-refractivity contribution in [3.8, 4) is 0 Å². The molecule has 2 N–H and O–H groups in total. The topological polar surface area (TPSA) is 78.6 Å². The zero-order valence-corrected chi connectivity index (χ0v) is 15.6. The Morgan fingerprint density at radius 3 is 2.67 bits per heavy atom. The molecule has 1 aliphatic heterocycles. The van der Waals surface area contributed by atoms with Crippen LogP contribution in [-0.2, 0) is 0 Å². The van der Waals surface area contributed by atoms with Crippen LogP contribution in [0.1, 0.15) is 63.0 Å². The van der Waals surface area contributed by atoms with Gasteiger partial charge >= 0.3 is 6.03 Å². The lowest BCUT2D eigenvalue weighted by atomic mass is 9.87. The Bertz CT molecular complexity index is 550. The van der Waals surface area contributed by atoms with Crippen LogP contribution in [0.25, 0.3) is 0 Å². The first kappa shape index (κ1) is 18.8. The first-order chi connectivity index (χ1) is 11.3. The van der Waals surface area contributed by atoms with Crippen LogP contribution in [-0.4, -0.2) is 46.4 Å². The van der Waals surface area contributed by atoms with Gasteiger partial charge in [-0.1, -0.05) is 25.9 Å². The van der Waals surface area contributed by atoms with Crippen LogP contribution in [0.2, 0.25) is 0 Å². The highest BCUT2D eigenvalue weighted by Crippen LogP contribution is 2.34. The summed E-state index contributed by atoms with van der Waals surface area (Å²) in [6.45, 7) is 11.4. The van der Waals surface area contributed by atoms with Gasteiger partial charge in [0, 0.05) is 24.6 Å². The van der Waals surface area contributed by atoms with E-state index in [0.29, 0.717) is 19.0 Å². The Morgan fingerprint density at radius 2 is 2.12 bits per heavy atom. The van der Waals surface area contributed by atoms with Gasteiger partial charge in [0.25, 0.3) is 0 Å². The maximum Gasteiger partial charge on any atom is 0.317 e. The number of nitrogens with zero attached hydrogens (tertiary/aromatic N) is 2. The summed E-state index contributed by atoms with van der Waals surface area (Å²) in [7, 11) is 0. The molecular formula is C18H31N3O3. The van der Waals surface area contributed by atoms with Gasteiger partial charge in [-0.3, -0.25) is 0 Å². The number of nitrogens with one attached hydrogen (secondary N) is 1. The Morgan fingerprint density at radius 1 is 1.42 bits per heavy atom. The van der Waals surface area contributed by atoms with Crippen molar-refractivity contribution < 1.29 is 14.4 Å². The van der Waals surface area contributed by atoms with E-state index in [1.54, 1.807) is 0 Å². The lowest BCUT2D eigenvalue weighted by molar-refractivity contribution is 0.0676. The average Bonchev–Trinajstić information content (AvgIpc) is 3.08. The van der Waals surface area contributed by atoms with Crippen molar-refractivity contribution >= 4 is 6.03 Å². The molecule has 1 aliphatic rings. The zero-order valence-electron chi connectivity index (χ0n) is 15.6. The van der Waals surface area contributed by atoms with Gasteiger partial charge in [0.05, 0.1) is 17.8 Å². The third kappa shape index (κ3) is 3.74. The van der Waals surface area contributed by atoms with Crippen molar-refractivity contribution in [2.75, 3.05) is 19.7 Å². The van der Waals surface area contributed by atoms with Gasteiger partial charge in [-0.15, -0.1) is 0 Å². The largest absolute Gasteiger partial charge is 0.394 e. The fraction of sp³-hybridized carbons (Fsp3) is 0.778. The fourth-order valence-electron chi connectivity index (χ4n) is 4.09. The number of amides is 2. The molecule has 2 heterocycles. The molecule has 0 saturated carbocycles. The van der Waals surface area contributed by atoms with Crippen LogP contribution >= 0.6 is 0 Å². The second kappa shape index (κ2) is 7.55. The van der Waals surface area contributed by atoms with E-state index in [-0.39, 0.29) is 18.6 Å². The highest BCUT2D eigenvalue weighted by molar-refractivity contribution is 5.75. The molecule has 2 rings (SSSR count). The normalized spacial score (nSPS) is 22.2. The first-order valence-electron chi connectivity index (χ1n) is 8.90. The maximum absolute atomic E-state index is 12.7. The number of aromatic nitrogens is 1. The lowest BCUT2D eigenvalue weighted by Gasteiger charge is -2.38. The molecule has 6 heteroatoms. The number of aliphatic hydroxyl groups is 1. The van der Waals surface area contributed by atoms with Gasteiger partial charge in [0.1, 0.15) is 5.76 Å². The number of aryl methyl sites for hydroxylation is 2. The molecule has 0 radical (unpaired) electrons. The summed E-state index contributed by atoms with van der Waals surface area (Å²) in [6.07, 6.45) is 2.64. The van der Waals surface area contributed by atoms with Gasteiger partial charge in [-0.05, 0) is 39.0 Å². The van der Waals surface area contributed by atoms with Crippen LogP contribution in [0.5, 0.6) is 0 Å². The SMILES string of the molecule is Cc1noc(C)c1[C@H](C)CNC(=O)N1CCC[C@@]1(CO)CC(C)C. The highest BCUT2D eigenvalue weighted by atomic mass is 16.5. The van der Waals surface area contributed by atoms with E-state index in [0.717, 1.165) is 36.3 Å². The minimum atomic E-state index is -0.412. The van der Waals surface area contributed by atoms with Crippen LogP contribution in [0.4, 0.5) is 4.79 Å². The zero-order chi connectivity index (χ0) is 17.9.